The molecular weight excluding hydrogens is 399 g/mol. The van der Waals surface area contributed by atoms with Gasteiger partial charge >= 0.3 is 5.97 Å². The second kappa shape index (κ2) is 9.37. The number of benzene rings is 1. The number of piperidine rings is 1. The summed E-state index contributed by atoms with van der Waals surface area (Å²) in [6.07, 6.45) is 3.28. The highest BCUT2D eigenvalue weighted by Gasteiger charge is 2.26. The highest BCUT2D eigenvalue weighted by molar-refractivity contribution is 7.88. The van der Waals surface area contributed by atoms with Crippen molar-refractivity contribution in [3.05, 3.63) is 33.8 Å². The number of carbonyl (C=O) groups excluding carboxylic acids is 1. The van der Waals surface area contributed by atoms with Gasteiger partial charge in [0.15, 0.2) is 0 Å². The Morgan fingerprint density at radius 1 is 1.31 bits per heavy atom. The van der Waals surface area contributed by atoms with Crippen LogP contribution < -0.4 is 4.72 Å². The molecular formula is C17H24Cl2N2O4S. The van der Waals surface area contributed by atoms with Crippen LogP contribution >= 0.6 is 23.2 Å². The van der Waals surface area contributed by atoms with E-state index in [1.807, 2.05) is 0 Å². The molecule has 1 aliphatic rings. The van der Waals surface area contributed by atoms with Crippen molar-refractivity contribution in [2.45, 2.75) is 31.2 Å². The number of sulfonamides is 1. The Hall–Kier alpha value is -0.860. The summed E-state index contributed by atoms with van der Waals surface area (Å²) >= 11 is 12.0. The maximum absolute atomic E-state index is 12.2. The molecule has 1 atom stereocenters. The molecule has 1 unspecified atom stereocenters. The van der Waals surface area contributed by atoms with E-state index in [-0.39, 0.29) is 12.0 Å². The number of carbonyl (C=O) groups is 1. The first kappa shape index (κ1) is 21.4. The smallest absolute Gasteiger partial charge is 0.313 e. The van der Waals surface area contributed by atoms with Gasteiger partial charge in [-0.05, 0) is 56.6 Å². The van der Waals surface area contributed by atoms with Crippen molar-refractivity contribution in [2.24, 2.45) is 0 Å². The minimum Gasteiger partial charge on any atom is -0.469 e. The molecule has 1 aromatic rings. The minimum absolute atomic E-state index is 0.0206. The number of nitrogens with zero attached hydrogens (tertiary/aromatic N) is 1. The number of likely N-dealkylation sites (tertiary alicyclic amines) is 1. The molecule has 1 aliphatic heterocycles. The predicted molar refractivity (Wildman–Crippen MR) is 103 cm³/mol. The van der Waals surface area contributed by atoms with Crippen LogP contribution in [0.2, 0.25) is 10.0 Å². The Balaban J connectivity index is 1.94. The largest absolute Gasteiger partial charge is 0.469 e. The Labute approximate surface area is 164 Å². The van der Waals surface area contributed by atoms with Crippen LogP contribution in [0.1, 0.15) is 30.7 Å². The first-order chi connectivity index (χ1) is 12.2. The van der Waals surface area contributed by atoms with Crippen LogP contribution in [-0.4, -0.2) is 58.3 Å². The molecule has 0 saturated carbocycles. The zero-order valence-corrected chi connectivity index (χ0v) is 17.2. The van der Waals surface area contributed by atoms with Crippen LogP contribution in [0, 0.1) is 0 Å². The summed E-state index contributed by atoms with van der Waals surface area (Å²) in [7, 11) is -1.81. The second-order valence-electron chi connectivity index (χ2n) is 6.54. The molecule has 0 aliphatic carbocycles. The standard InChI is InChI=1S/C17H24Cl2N2O4S/c1-25-17(22)14(12-3-4-15(18)16(19)11-12)7-10-21-8-5-13(6-9-21)20-26(2,23)24/h3-4,11,13-14,20H,5-10H2,1-2H3. The van der Waals surface area contributed by atoms with Crippen molar-refractivity contribution in [1.29, 1.82) is 0 Å². The molecule has 26 heavy (non-hydrogen) atoms. The fourth-order valence-corrected chi connectivity index (χ4v) is 4.33. The lowest BCUT2D eigenvalue weighted by molar-refractivity contribution is -0.142. The van der Waals surface area contributed by atoms with Gasteiger partial charge in [0.2, 0.25) is 10.0 Å². The predicted octanol–water partition coefficient (Wildman–Crippen LogP) is 2.65. The highest BCUT2D eigenvalue weighted by atomic mass is 35.5. The Morgan fingerprint density at radius 2 is 1.96 bits per heavy atom. The monoisotopic (exact) mass is 422 g/mol. The third-order valence-electron chi connectivity index (χ3n) is 4.53. The molecule has 0 bridgehead atoms. The van der Waals surface area contributed by atoms with E-state index < -0.39 is 15.9 Å². The van der Waals surface area contributed by atoms with Crippen molar-refractivity contribution in [3.63, 3.8) is 0 Å². The summed E-state index contributed by atoms with van der Waals surface area (Å²) in [6, 6.07) is 5.15. The van der Waals surface area contributed by atoms with Crippen molar-refractivity contribution in [1.82, 2.24) is 9.62 Å². The SMILES string of the molecule is COC(=O)C(CCN1CCC(NS(C)(=O)=O)CC1)c1ccc(Cl)c(Cl)c1. The molecule has 1 saturated heterocycles. The molecule has 0 radical (unpaired) electrons. The molecule has 1 N–H and O–H groups in total. The number of esters is 1. The van der Waals surface area contributed by atoms with Crippen molar-refractivity contribution in [2.75, 3.05) is 33.0 Å². The maximum atomic E-state index is 12.2. The van der Waals surface area contributed by atoms with E-state index in [1.165, 1.54) is 13.4 Å². The molecule has 146 valence electrons. The molecule has 1 fully saturated rings. The molecule has 6 nitrogen and oxygen atoms in total. The zero-order valence-electron chi connectivity index (χ0n) is 14.9. The molecule has 1 heterocycles. The van der Waals surface area contributed by atoms with Crippen molar-refractivity contribution < 1.29 is 17.9 Å². The summed E-state index contributed by atoms with van der Waals surface area (Å²) in [6.45, 7) is 2.27. The van der Waals surface area contributed by atoms with Crippen LogP contribution in [0.3, 0.4) is 0 Å². The topological polar surface area (TPSA) is 75.7 Å². The van der Waals surface area contributed by atoms with Gasteiger partial charge in [0, 0.05) is 6.04 Å². The van der Waals surface area contributed by atoms with E-state index in [2.05, 4.69) is 9.62 Å². The van der Waals surface area contributed by atoms with Gasteiger partial charge in [-0.25, -0.2) is 13.1 Å². The van der Waals surface area contributed by atoms with Gasteiger partial charge in [-0.2, -0.15) is 0 Å². The summed E-state index contributed by atoms with van der Waals surface area (Å²) in [4.78, 5) is 14.4. The first-order valence-corrected chi connectivity index (χ1v) is 11.1. The average Bonchev–Trinajstić information content (AvgIpc) is 2.58. The van der Waals surface area contributed by atoms with E-state index in [0.717, 1.165) is 31.5 Å². The van der Waals surface area contributed by atoms with Crippen molar-refractivity contribution >= 4 is 39.2 Å². The Morgan fingerprint density at radius 3 is 2.50 bits per heavy atom. The molecule has 9 heteroatoms. The number of hydrogen-bond donors (Lipinski definition) is 1. The quantitative estimate of drug-likeness (QED) is 0.683. The van der Waals surface area contributed by atoms with Crippen LogP contribution in [0.15, 0.2) is 18.2 Å². The number of hydrogen-bond acceptors (Lipinski definition) is 5. The molecule has 0 aromatic heterocycles. The summed E-state index contributed by atoms with van der Waals surface area (Å²) in [5.74, 6) is -0.723. The number of methoxy groups -OCH3 is 1. The second-order valence-corrected chi connectivity index (χ2v) is 9.14. The third-order valence-corrected chi connectivity index (χ3v) is 6.03. The lowest BCUT2D eigenvalue weighted by Crippen LogP contribution is -2.44. The zero-order chi connectivity index (χ0) is 19.3. The van der Waals surface area contributed by atoms with E-state index in [1.54, 1.807) is 18.2 Å². The molecule has 2 rings (SSSR count). The molecule has 0 amide bonds. The Kier molecular flexibility index (Phi) is 7.73. The Bertz CT molecular complexity index is 734. The summed E-state index contributed by atoms with van der Waals surface area (Å²) in [5, 5.41) is 0.852. The first-order valence-electron chi connectivity index (χ1n) is 8.42. The summed E-state index contributed by atoms with van der Waals surface area (Å²) in [5.41, 5.74) is 0.778. The third kappa shape index (κ3) is 6.39. The lowest BCUT2D eigenvalue weighted by Gasteiger charge is -2.32. The molecule has 1 aromatic carbocycles. The van der Waals surface area contributed by atoms with Crippen molar-refractivity contribution in [3.8, 4) is 0 Å². The van der Waals surface area contributed by atoms with E-state index in [9.17, 15) is 13.2 Å². The lowest BCUT2D eigenvalue weighted by atomic mass is 9.95. The van der Waals surface area contributed by atoms with E-state index >= 15 is 0 Å². The number of ether oxygens (including phenoxy) is 1. The van der Waals surface area contributed by atoms with Crippen LogP contribution in [0.5, 0.6) is 0 Å². The van der Waals surface area contributed by atoms with E-state index in [0.29, 0.717) is 23.0 Å². The minimum atomic E-state index is -3.18. The van der Waals surface area contributed by atoms with Gasteiger partial charge < -0.3 is 9.64 Å². The normalized spacial score (nSPS) is 17.8. The average molecular weight is 423 g/mol. The fraction of sp³-hybridized carbons (Fsp3) is 0.588. The number of rotatable bonds is 7. The molecule has 0 spiro atoms. The van der Waals surface area contributed by atoms with Crippen LogP contribution in [0.4, 0.5) is 0 Å². The fourth-order valence-electron chi connectivity index (χ4n) is 3.18. The summed E-state index contributed by atoms with van der Waals surface area (Å²) < 4.78 is 30.2. The van der Waals surface area contributed by atoms with Gasteiger partial charge in [0.05, 0.1) is 29.3 Å². The number of nitrogens with one attached hydrogen (secondary N) is 1. The highest BCUT2D eigenvalue weighted by Crippen LogP contribution is 2.29. The van der Waals surface area contributed by atoms with Crippen LogP contribution in [0.25, 0.3) is 0 Å². The van der Waals surface area contributed by atoms with Gasteiger partial charge in [-0.15, -0.1) is 0 Å². The van der Waals surface area contributed by atoms with Crippen LogP contribution in [-0.2, 0) is 19.6 Å². The number of halogens is 2. The van der Waals surface area contributed by atoms with Gasteiger partial charge in [0.1, 0.15) is 0 Å². The van der Waals surface area contributed by atoms with Gasteiger partial charge in [0.25, 0.3) is 0 Å². The van der Waals surface area contributed by atoms with Gasteiger partial charge in [-0.1, -0.05) is 29.3 Å². The maximum Gasteiger partial charge on any atom is 0.313 e. The van der Waals surface area contributed by atoms with E-state index in [4.69, 9.17) is 27.9 Å². The van der Waals surface area contributed by atoms with Gasteiger partial charge in [-0.3, -0.25) is 4.79 Å².